The molecule has 5 unspecified atom stereocenters. The highest BCUT2D eigenvalue weighted by molar-refractivity contribution is 5.93. The van der Waals surface area contributed by atoms with E-state index in [2.05, 4.69) is 0 Å². The molecule has 3 rings (SSSR count). The number of likely N-dealkylation sites (N-methyl/N-ethyl adjacent to an activating group) is 1. The minimum atomic E-state index is -0.726. The van der Waals surface area contributed by atoms with E-state index in [1.54, 1.807) is 28.2 Å². The summed E-state index contributed by atoms with van der Waals surface area (Å²) >= 11 is 0. The van der Waals surface area contributed by atoms with E-state index >= 15 is 0 Å². The van der Waals surface area contributed by atoms with Gasteiger partial charge in [0.1, 0.15) is 5.60 Å². The second kappa shape index (κ2) is 4.87. The summed E-state index contributed by atoms with van der Waals surface area (Å²) in [6, 6.07) is 0. The van der Waals surface area contributed by atoms with Gasteiger partial charge < -0.3 is 24.0 Å². The van der Waals surface area contributed by atoms with Gasteiger partial charge in [-0.3, -0.25) is 4.79 Å². The van der Waals surface area contributed by atoms with Gasteiger partial charge in [0.25, 0.3) is 12.2 Å². The molecule has 0 bridgehead atoms. The molecule has 7 nitrogen and oxygen atoms in total. The smallest absolute Gasteiger partial charge is 0.412 e. The van der Waals surface area contributed by atoms with Crippen LogP contribution < -0.4 is 0 Å². The fourth-order valence-corrected chi connectivity index (χ4v) is 3.49. The monoisotopic (exact) mass is 310 g/mol. The number of ether oxygens (including phenoxy) is 3. The van der Waals surface area contributed by atoms with Gasteiger partial charge in [-0.1, -0.05) is 0 Å². The van der Waals surface area contributed by atoms with E-state index in [0.717, 1.165) is 6.42 Å². The minimum absolute atomic E-state index is 0.00707. The molecule has 0 radical (unpaired) electrons. The molecule has 0 spiro atoms. The minimum Gasteiger partial charge on any atom is -0.461 e. The van der Waals surface area contributed by atoms with Crippen LogP contribution in [0.25, 0.3) is 0 Å². The first-order chi connectivity index (χ1) is 10.3. The van der Waals surface area contributed by atoms with Crippen molar-refractivity contribution < 1.29 is 23.8 Å². The first-order valence-electron chi connectivity index (χ1n) is 7.38. The third-order valence-electron chi connectivity index (χ3n) is 4.80. The summed E-state index contributed by atoms with van der Waals surface area (Å²) in [7, 11) is 6.66. The number of fused-ring (bicyclic) bond motifs is 3. The van der Waals surface area contributed by atoms with Crippen molar-refractivity contribution in [3.8, 4) is 0 Å². The average molecular weight is 310 g/mol. The van der Waals surface area contributed by atoms with Crippen molar-refractivity contribution in [2.45, 2.75) is 31.3 Å². The van der Waals surface area contributed by atoms with Crippen LogP contribution in [-0.4, -0.2) is 68.0 Å². The van der Waals surface area contributed by atoms with Gasteiger partial charge in [-0.2, -0.15) is 0 Å². The summed E-state index contributed by atoms with van der Waals surface area (Å²) in [6.07, 6.45) is 1.11. The van der Waals surface area contributed by atoms with Crippen molar-refractivity contribution in [2.75, 3.05) is 28.2 Å². The van der Waals surface area contributed by atoms with E-state index in [1.165, 1.54) is 16.1 Å². The lowest BCUT2D eigenvalue weighted by Crippen LogP contribution is -2.45. The van der Waals surface area contributed by atoms with Crippen LogP contribution in [0, 0.1) is 11.8 Å². The average Bonchev–Trinajstić information content (AvgIpc) is 3.00. The van der Waals surface area contributed by atoms with Crippen LogP contribution in [-0.2, 0) is 19.0 Å². The van der Waals surface area contributed by atoms with E-state index in [9.17, 15) is 9.59 Å². The second-order valence-corrected chi connectivity index (χ2v) is 6.71. The number of rotatable bonds is 2. The van der Waals surface area contributed by atoms with Gasteiger partial charge >= 0.3 is 6.09 Å². The molecule has 0 aromatic carbocycles. The Labute approximate surface area is 129 Å². The van der Waals surface area contributed by atoms with Gasteiger partial charge in [-0.25, -0.2) is 4.79 Å². The van der Waals surface area contributed by atoms with Gasteiger partial charge in [0, 0.05) is 34.1 Å². The lowest BCUT2D eigenvalue weighted by atomic mass is 9.81. The Hall–Kier alpha value is -1.76. The first-order valence-corrected chi connectivity index (χ1v) is 7.38. The molecule has 2 heterocycles. The Balaban J connectivity index is 1.86. The van der Waals surface area contributed by atoms with E-state index in [-0.39, 0.29) is 29.4 Å². The largest absolute Gasteiger partial charge is 0.461 e. The first kappa shape index (κ1) is 15.1. The topological polar surface area (TPSA) is 71.6 Å². The summed E-state index contributed by atoms with van der Waals surface area (Å²) in [5.41, 5.74) is 0.248. The van der Waals surface area contributed by atoms with Crippen LogP contribution in [0.1, 0.15) is 13.3 Å². The zero-order chi connectivity index (χ0) is 16.2. The van der Waals surface area contributed by atoms with Crippen LogP contribution in [0.2, 0.25) is 0 Å². The SMILES string of the molecule is CN(C)C(=O)OC1OC=C(C(=O)N(C)C)C2CC3OC3(C)C12. The standard InChI is InChI=1S/C15H22N2O5/c1-15-10(22-15)6-8-9(12(18)16(2)3)7-20-13(11(8)15)21-14(19)17(4)5/h7-8,10-11,13H,6H2,1-5H3. The molecule has 2 aliphatic heterocycles. The van der Waals surface area contributed by atoms with Crippen LogP contribution in [0.3, 0.4) is 0 Å². The van der Waals surface area contributed by atoms with Gasteiger partial charge in [0.05, 0.1) is 23.9 Å². The lowest BCUT2D eigenvalue weighted by molar-refractivity contribution is -0.147. The molecule has 1 aliphatic carbocycles. The van der Waals surface area contributed by atoms with E-state index in [4.69, 9.17) is 14.2 Å². The molecule has 0 aromatic heterocycles. The molecule has 1 saturated carbocycles. The van der Waals surface area contributed by atoms with E-state index in [0.29, 0.717) is 5.57 Å². The molecule has 0 N–H and O–H groups in total. The molecule has 7 heteroatoms. The fourth-order valence-electron chi connectivity index (χ4n) is 3.49. The van der Waals surface area contributed by atoms with Crippen LogP contribution in [0.5, 0.6) is 0 Å². The third kappa shape index (κ3) is 2.15. The summed E-state index contributed by atoms with van der Waals surface area (Å²) in [5.74, 6) is -0.241. The highest BCUT2D eigenvalue weighted by Gasteiger charge is 2.70. The Morgan fingerprint density at radius 3 is 2.55 bits per heavy atom. The molecular formula is C15H22N2O5. The predicted octanol–water partition coefficient (Wildman–Crippen LogP) is 0.807. The van der Waals surface area contributed by atoms with Crippen LogP contribution >= 0.6 is 0 Å². The number of nitrogens with zero attached hydrogens (tertiary/aromatic N) is 2. The lowest BCUT2D eigenvalue weighted by Gasteiger charge is -2.37. The Kier molecular flexibility index (Phi) is 3.36. The number of hydrogen-bond acceptors (Lipinski definition) is 5. The highest BCUT2D eigenvalue weighted by atomic mass is 16.7. The molecule has 3 aliphatic rings. The molecule has 122 valence electrons. The summed E-state index contributed by atoms with van der Waals surface area (Å²) in [4.78, 5) is 27.0. The van der Waals surface area contributed by atoms with E-state index < -0.39 is 12.4 Å². The van der Waals surface area contributed by atoms with Gasteiger partial charge in [0.15, 0.2) is 0 Å². The Bertz CT molecular complexity index is 544. The zero-order valence-electron chi connectivity index (χ0n) is 13.5. The van der Waals surface area contributed by atoms with Crippen molar-refractivity contribution in [1.29, 1.82) is 0 Å². The molecular weight excluding hydrogens is 288 g/mol. The number of epoxide rings is 1. The predicted molar refractivity (Wildman–Crippen MR) is 76.7 cm³/mol. The van der Waals surface area contributed by atoms with Gasteiger partial charge in [-0.05, 0) is 13.3 Å². The molecule has 22 heavy (non-hydrogen) atoms. The third-order valence-corrected chi connectivity index (χ3v) is 4.80. The van der Waals surface area contributed by atoms with Gasteiger partial charge in [-0.15, -0.1) is 0 Å². The summed E-state index contributed by atoms with van der Waals surface area (Å²) in [5, 5.41) is 0. The maximum Gasteiger partial charge on any atom is 0.412 e. The number of amides is 2. The summed E-state index contributed by atoms with van der Waals surface area (Å²) in [6.45, 7) is 1.99. The van der Waals surface area contributed by atoms with Gasteiger partial charge in [0.2, 0.25) is 0 Å². The molecule has 1 saturated heterocycles. The van der Waals surface area contributed by atoms with Crippen LogP contribution in [0.4, 0.5) is 4.79 Å². The van der Waals surface area contributed by atoms with Crippen molar-refractivity contribution in [2.24, 2.45) is 11.8 Å². The van der Waals surface area contributed by atoms with Crippen LogP contribution in [0.15, 0.2) is 11.8 Å². The fraction of sp³-hybridized carbons (Fsp3) is 0.733. The second-order valence-electron chi connectivity index (χ2n) is 6.71. The highest BCUT2D eigenvalue weighted by Crippen LogP contribution is 2.61. The number of hydrogen-bond donors (Lipinski definition) is 0. The number of carbonyl (C=O) groups is 2. The van der Waals surface area contributed by atoms with Crippen molar-refractivity contribution in [1.82, 2.24) is 9.80 Å². The van der Waals surface area contributed by atoms with Crippen molar-refractivity contribution in [3.63, 3.8) is 0 Å². The summed E-state index contributed by atoms with van der Waals surface area (Å²) < 4.78 is 16.8. The molecule has 5 atom stereocenters. The molecule has 0 aromatic rings. The quantitative estimate of drug-likeness (QED) is 0.706. The maximum atomic E-state index is 12.3. The maximum absolute atomic E-state index is 12.3. The Morgan fingerprint density at radius 1 is 1.27 bits per heavy atom. The zero-order valence-corrected chi connectivity index (χ0v) is 13.5. The Morgan fingerprint density at radius 2 is 1.95 bits per heavy atom. The number of carbonyl (C=O) groups excluding carboxylic acids is 2. The molecule has 2 amide bonds. The normalized spacial score (nSPS) is 38.1. The molecule has 2 fully saturated rings. The van der Waals surface area contributed by atoms with E-state index in [1.807, 2.05) is 6.92 Å². The van der Waals surface area contributed by atoms with Crippen molar-refractivity contribution in [3.05, 3.63) is 11.8 Å². The van der Waals surface area contributed by atoms with Crippen molar-refractivity contribution >= 4 is 12.0 Å².